The van der Waals surface area contributed by atoms with Gasteiger partial charge < -0.3 is 5.32 Å². The molecule has 3 aromatic rings. The lowest BCUT2D eigenvalue weighted by molar-refractivity contribution is 0.0943. The van der Waals surface area contributed by atoms with Crippen molar-refractivity contribution >= 4 is 15.9 Å². The average Bonchev–Trinajstić information content (AvgIpc) is 2.84. The number of benzene rings is 3. The first-order valence-corrected chi connectivity index (χ1v) is 13.0. The zero-order valence-electron chi connectivity index (χ0n) is 18.9. The summed E-state index contributed by atoms with van der Waals surface area (Å²) in [7, 11) is -3.33. The van der Waals surface area contributed by atoms with E-state index < -0.39 is 10.0 Å². The van der Waals surface area contributed by atoms with E-state index in [-0.39, 0.29) is 17.7 Å². The van der Waals surface area contributed by atoms with Crippen LogP contribution in [0.5, 0.6) is 0 Å². The molecule has 3 aromatic carbocycles. The van der Waals surface area contributed by atoms with Crippen molar-refractivity contribution in [3.63, 3.8) is 0 Å². The van der Waals surface area contributed by atoms with Crippen molar-refractivity contribution in [2.24, 2.45) is 0 Å². The Morgan fingerprint density at radius 3 is 2.09 bits per heavy atom. The Hall–Kier alpha value is -2.96. The molecule has 1 atom stereocenters. The molecule has 1 aliphatic rings. The molecular weight excluding hydrogens is 432 g/mol. The fourth-order valence-corrected chi connectivity index (χ4v) is 5.79. The number of amides is 1. The molecule has 1 saturated heterocycles. The molecule has 1 aliphatic heterocycles. The molecule has 4 rings (SSSR count). The fraction of sp³-hybridized carbons (Fsp3) is 0.296. The van der Waals surface area contributed by atoms with Crippen LogP contribution in [0, 0.1) is 6.92 Å². The number of hydrogen-bond acceptors (Lipinski definition) is 3. The van der Waals surface area contributed by atoms with Gasteiger partial charge in [-0.15, -0.1) is 0 Å². The second-order valence-corrected chi connectivity index (χ2v) is 10.6. The van der Waals surface area contributed by atoms with Gasteiger partial charge in [0.15, 0.2) is 0 Å². The van der Waals surface area contributed by atoms with Crippen molar-refractivity contribution in [1.29, 1.82) is 0 Å². The van der Waals surface area contributed by atoms with Gasteiger partial charge in [0, 0.05) is 18.7 Å². The molecule has 0 saturated carbocycles. The minimum absolute atomic E-state index is 0.0368. The van der Waals surface area contributed by atoms with Gasteiger partial charge >= 0.3 is 0 Å². The highest BCUT2D eigenvalue weighted by Gasteiger charge is 2.24. The van der Waals surface area contributed by atoms with E-state index in [0.717, 1.165) is 36.0 Å². The molecule has 172 valence electrons. The van der Waals surface area contributed by atoms with Gasteiger partial charge in [0.05, 0.1) is 11.8 Å². The number of carbonyl (C=O) groups is 1. The second kappa shape index (κ2) is 10.3. The van der Waals surface area contributed by atoms with Crippen molar-refractivity contribution in [2.75, 3.05) is 13.1 Å². The lowest BCUT2D eigenvalue weighted by atomic mass is 9.97. The van der Waals surface area contributed by atoms with Crippen molar-refractivity contribution in [2.45, 2.75) is 38.0 Å². The summed E-state index contributed by atoms with van der Waals surface area (Å²) >= 11 is 0. The molecule has 1 fully saturated rings. The number of rotatable bonds is 7. The summed E-state index contributed by atoms with van der Waals surface area (Å²) in [6.07, 6.45) is 2.92. The molecule has 0 aromatic heterocycles. The van der Waals surface area contributed by atoms with Gasteiger partial charge in [-0.1, -0.05) is 78.7 Å². The first-order chi connectivity index (χ1) is 15.9. The Morgan fingerprint density at radius 1 is 0.848 bits per heavy atom. The molecule has 1 amide bonds. The lowest BCUT2D eigenvalue weighted by Crippen LogP contribution is -2.36. The maximum absolute atomic E-state index is 13.1. The number of nitrogens with zero attached hydrogens (tertiary/aromatic N) is 1. The largest absolute Gasteiger partial charge is 0.341 e. The average molecular weight is 463 g/mol. The summed E-state index contributed by atoms with van der Waals surface area (Å²) in [5, 5.41) is 3.14. The predicted molar refractivity (Wildman–Crippen MR) is 131 cm³/mol. The highest BCUT2D eigenvalue weighted by molar-refractivity contribution is 7.88. The molecule has 0 radical (unpaired) electrons. The van der Waals surface area contributed by atoms with Gasteiger partial charge in [-0.25, -0.2) is 12.7 Å². The highest BCUT2D eigenvalue weighted by atomic mass is 32.2. The van der Waals surface area contributed by atoms with Crippen LogP contribution in [-0.2, 0) is 15.8 Å². The van der Waals surface area contributed by atoms with Crippen molar-refractivity contribution < 1.29 is 13.2 Å². The van der Waals surface area contributed by atoms with E-state index in [1.54, 1.807) is 28.6 Å². The third-order valence-corrected chi connectivity index (χ3v) is 7.94. The summed E-state index contributed by atoms with van der Waals surface area (Å²) in [6, 6.07) is 24.6. The zero-order valence-corrected chi connectivity index (χ0v) is 19.7. The molecule has 1 N–H and O–H groups in total. The van der Waals surface area contributed by atoms with Crippen LogP contribution in [0.1, 0.15) is 57.9 Å². The van der Waals surface area contributed by atoms with Gasteiger partial charge in [-0.3, -0.25) is 4.79 Å². The summed E-state index contributed by atoms with van der Waals surface area (Å²) in [4.78, 5) is 13.1. The van der Waals surface area contributed by atoms with Gasteiger partial charge in [0.25, 0.3) is 5.91 Å². The quantitative estimate of drug-likeness (QED) is 0.547. The van der Waals surface area contributed by atoms with E-state index in [1.165, 1.54) is 0 Å². The first kappa shape index (κ1) is 23.2. The van der Waals surface area contributed by atoms with Crippen LogP contribution < -0.4 is 5.32 Å². The smallest absolute Gasteiger partial charge is 0.252 e. The van der Waals surface area contributed by atoms with Crippen molar-refractivity contribution in [3.8, 4) is 0 Å². The van der Waals surface area contributed by atoms with Crippen LogP contribution in [0.4, 0.5) is 0 Å². The maximum atomic E-state index is 13.1. The number of aryl methyl sites for hydroxylation is 1. The molecule has 6 heteroatoms. The molecular formula is C27H30N2O3S. The Kier molecular flexibility index (Phi) is 7.26. The summed E-state index contributed by atoms with van der Waals surface area (Å²) in [5.41, 5.74) is 4.35. The Balaban J connectivity index is 1.49. The van der Waals surface area contributed by atoms with Gasteiger partial charge in [0.1, 0.15) is 0 Å². The topological polar surface area (TPSA) is 66.5 Å². The number of piperidine rings is 1. The minimum Gasteiger partial charge on any atom is -0.341 e. The van der Waals surface area contributed by atoms with Crippen molar-refractivity contribution in [1.82, 2.24) is 9.62 Å². The van der Waals surface area contributed by atoms with Crippen LogP contribution >= 0.6 is 0 Å². The molecule has 0 aliphatic carbocycles. The second-order valence-electron chi connectivity index (χ2n) is 8.64. The SMILES string of the molecule is Cc1ccc([C@@H](NC(=O)c2ccc(CS(=O)(=O)N3CCCCC3)cc2)c2ccccc2)cc1. The first-order valence-electron chi connectivity index (χ1n) is 11.4. The van der Waals surface area contributed by atoms with Crippen LogP contribution in [0.15, 0.2) is 78.9 Å². The van der Waals surface area contributed by atoms with Gasteiger partial charge in [-0.05, 0) is 48.6 Å². The van der Waals surface area contributed by atoms with E-state index >= 15 is 0 Å². The Labute approximate surface area is 196 Å². The molecule has 0 spiro atoms. The van der Waals surface area contributed by atoms with E-state index in [2.05, 4.69) is 5.32 Å². The van der Waals surface area contributed by atoms with Gasteiger partial charge in [-0.2, -0.15) is 0 Å². The van der Waals surface area contributed by atoms with E-state index in [4.69, 9.17) is 0 Å². The number of hydrogen-bond donors (Lipinski definition) is 1. The minimum atomic E-state index is -3.33. The van der Waals surface area contributed by atoms with Gasteiger partial charge in [0.2, 0.25) is 10.0 Å². The monoisotopic (exact) mass is 462 g/mol. The normalized spacial score (nSPS) is 15.7. The third-order valence-electron chi connectivity index (χ3n) is 6.09. The maximum Gasteiger partial charge on any atom is 0.252 e. The van der Waals surface area contributed by atoms with Crippen molar-refractivity contribution in [3.05, 3.63) is 107 Å². The molecule has 0 bridgehead atoms. The third kappa shape index (κ3) is 5.89. The number of sulfonamides is 1. The molecule has 1 heterocycles. The zero-order chi connectivity index (χ0) is 23.3. The standard InChI is InChI=1S/C27H30N2O3S/c1-21-10-14-24(15-11-21)26(23-8-4-2-5-9-23)28-27(30)25-16-12-22(13-17-25)20-33(31,32)29-18-6-3-7-19-29/h2,4-5,8-17,26H,3,6-7,18-20H2,1H3,(H,28,30)/t26-/m0/s1. The summed E-state index contributed by atoms with van der Waals surface area (Å²) < 4.78 is 27.0. The fourth-order valence-electron chi connectivity index (χ4n) is 4.18. The van der Waals surface area contributed by atoms with Crippen LogP contribution in [0.3, 0.4) is 0 Å². The van der Waals surface area contributed by atoms with E-state index in [0.29, 0.717) is 24.2 Å². The van der Waals surface area contributed by atoms with E-state index in [9.17, 15) is 13.2 Å². The number of carbonyl (C=O) groups excluding carboxylic acids is 1. The Bertz CT molecular complexity index is 1170. The lowest BCUT2D eigenvalue weighted by Gasteiger charge is -2.25. The van der Waals surface area contributed by atoms with E-state index in [1.807, 2.05) is 61.5 Å². The molecule has 0 unspecified atom stereocenters. The van der Waals surface area contributed by atoms with Crippen LogP contribution in [0.25, 0.3) is 0 Å². The van der Waals surface area contributed by atoms with Crippen LogP contribution in [-0.4, -0.2) is 31.7 Å². The summed E-state index contributed by atoms with van der Waals surface area (Å²) in [5.74, 6) is -0.236. The summed E-state index contributed by atoms with van der Waals surface area (Å²) in [6.45, 7) is 3.23. The van der Waals surface area contributed by atoms with Crippen LogP contribution in [0.2, 0.25) is 0 Å². The predicted octanol–water partition coefficient (Wildman–Crippen LogP) is 4.83. The molecule has 33 heavy (non-hydrogen) atoms. The number of nitrogens with one attached hydrogen (secondary N) is 1. The molecule has 5 nitrogen and oxygen atoms in total. The highest BCUT2D eigenvalue weighted by Crippen LogP contribution is 2.23. The Morgan fingerprint density at radius 2 is 1.45 bits per heavy atom.